The molecule has 6 nitrogen and oxygen atoms in total. The largest absolute Gasteiger partial charge is 0.308 e. The van der Waals surface area contributed by atoms with E-state index in [1.165, 1.54) is 5.56 Å². The normalized spacial score (nSPS) is 11.4. The third kappa shape index (κ3) is 3.72. The van der Waals surface area contributed by atoms with E-state index in [1.54, 1.807) is 33.2 Å². The minimum atomic E-state index is -0.0584. The lowest BCUT2D eigenvalue weighted by atomic mass is 10.2. The molecule has 2 aromatic heterocycles. The first kappa shape index (κ1) is 17.6. The van der Waals surface area contributed by atoms with Crippen LogP contribution in [0, 0.1) is 6.92 Å². The van der Waals surface area contributed by atoms with Crippen LogP contribution in [0.2, 0.25) is 0 Å². The molecule has 0 atom stereocenters. The third-order valence-corrected chi connectivity index (χ3v) is 5.06. The Morgan fingerprint density at radius 2 is 2.04 bits per heavy atom. The fourth-order valence-corrected chi connectivity index (χ4v) is 3.71. The first-order chi connectivity index (χ1) is 12.0. The van der Waals surface area contributed by atoms with Crippen molar-refractivity contribution in [1.82, 2.24) is 19.7 Å². The number of benzene rings is 1. The molecule has 0 aliphatic rings. The molecule has 2 heterocycles. The highest BCUT2D eigenvalue weighted by Crippen LogP contribution is 2.30. The predicted octanol–water partition coefficient (Wildman–Crippen LogP) is 3.03. The number of carbonyl (C=O) groups excluding carboxylic acids is 1. The summed E-state index contributed by atoms with van der Waals surface area (Å²) in [5.41, 5.74) is 2.71. The van der Waals surface area contributed by atoms with E-state index >= 15 is 0 Å². The van der Waals surface area contributed by atoms with Crippen molar-refractivity contribution in [3.63, 3.8) is 0 Å². The van der Waals surface area contributed by atoms with Crippen LogP contribution in [0.4, 0.5) is 5.13 Å². The van der Waals surface area contributed by atoms with Gasteiger partial charge in [-0.3, -0.25) is 14.4 Å². The maximum atomic E-state index is 13.2. The zero-order valence-electron chi connectivity index (χ0n) is 15.1. The monoisotopic (exact) mass is 357 g/mol. The molecule has 0 aliphatic carbocycles. The molecule has 0 bridgehead atoms. The Labute approximate surface area is 151 Å². The van der Waals surface area contributed by atoms with Crippen molar-refractivity contribution in [3.05, 3.63) is 41.7 Å². The number of aryl methyl sites for hydroxylation is 2. The molecule has 0 saturated carbocycles. The minimum absolute atomic E-state index is 0.0584. The lowest BCUT2D eigenvalue weighted by molar-refractivity contribution is 0.0975. The molecule has 1 aromatic carbocycles. The second-order valence-corrected chi connectivity index (χ2v) is 7.27. The van der Waals surface area contributed by atoms with Crippen LogP contribution in [0.25, 0.3) is 10.2 Å². The van der Waals surface area contributed by atoms with Gasteiger partial charge in [0.25, 0.3) is 5.91 Å². The minimum Gasteiger partial charge on any atom is -0.308 e. The number of carbonyl (C=O) groups is 1. The maximum absolute atomic E-state index is 13.2. The number of rotatable bonds is 6. The molecule has 0 unspecified atom stereocenters. The van der Waals surface area contributed by atoms with Gasteiger partial charge in [-0.05, 0) is 51.7 Å². The molecule has 3 aromatic rings. The number of hydrogen-bond acceptors (Lipinski definition) is 5. The second-order valence-electron chi connectivity index (χ2n) is 6.26. The van der Waals surface area contributed by atoms with Gasteiger partial charge in [-0.15, -0.1) is 0 Å². The molecule has 0 fully saturated rings. The van der Waals surface area contributed by atoms with Gasteiger partial charge in [0, 0.05) is 25.8 Å². The Balaban J connectivity index is 1.99. The molecule has 25 heavy (non-hydrogen) atoms. The van der Waals surface area contributed by atoms with E-state index in [4.69, 9.17) is 4.98 Å². The number of nitrogens with zero attached hydrogens (tertiary/aromatic N) is 5. The average Bonchev–Trinajstić information content (AvgIpc) is 3.20. The van der Waals surface area contributed by atoms with Crippen molar-refractivity contribution >= 4 is 32.6 Å². The fraction of sp³-hybridized carbons (Fsp3) is 0.389. The SMILES string of the molecule is CCn1nccc1C(=O)N(CCN(C)C)c1nc2ccc(C)cc2s1. The molecule has 1 amide bonds. The van der Waals surface area contributed by atoms with E-state index in [2.05, 4.69) is 23.0 Å². The summed E-state index contributed by atoms with van der Waals surface area (Å²) in [6, 6.07) is 7.94. The molecular weight excluding hydrogens is 334 g/mol. The summed E-state index contributed by atoms with van der Waals surface area (Å²) in [5, 5.41) is 4.96. The van der Waals surface area contributed by atoms with Crippen molar-refractivity contribution in [2.45, 2.75) is 20.4 Å². The summed E-state index contributed by atoms with van der Waals surface area (Å²) < 4.78 is 2.82. The van der Waals surface area contributed by atoms with E-state index < -0.39 is 0 Å². The Morgan fingerprint density at radius 1 is 1.24 bits per heavy atom. The quantitative estimate of drug-likeness (QED) is 0.680. The summed E-state index contributed by atoms with van der Waals surface area (Å²) in [5.74, 6) is -0.0584. The van der Waals surface area contributed by atoms with Crippen molar-refractivity contribution < 1.29 is 4.79 Å². The summed E-state index contributed by atoms with van der Waals surface area (Å²) >= 11 is 1.56. The Bertz CT molecular complexity index is 883. The predicted molar refractivity (Wildman–Crippen MR) is 102 cm³/mol. The zero-order valence-corrected chi connectivity index (χ0v) is 15.9. The van der Waals surface area contributed by atoms with Crippen molar-refractivity contribution in [1.29, 1.82) is 0 Å². The number of fused-ring (bicyclic) bond motifs is 1. The maximum Gasteiger partial charge on any atom is 0.278 e. The van der Waals surface area contributed by atoms with Gasteiger partial charge in [0.2, 0.25) is 0 Å². The summed E-state index contributed by atoms with van der Waals surface area (Å²) in [4.78, 5) is 21.7. The van der Waals surface area contributed by atoms with Gasteiger partial charge in [-0.2, -0.15) is 5.10 Å². The molecule has 0 saturated heterocycles. The molecule has 0 aliphatic heterocycles. The van der Waals surface area contributed by atoms with E-state index in [0.29, 0.717) is 18.8 Å². The number of anilines is 1. The fourth-order valence-electron chi connectivity index (χ4n) is 2.62. The smallest absolute Gasteiger partial charge is 0.278 e. The summed E-state index contributed by atoms with van der Waals surface area (Å²) in [7, 11) is 4.00. The van der Waals surface area contributed by atoms with Gasteiger partial charge in [0.1, 0.15) is 5.69 Å². The van der Waals surface area contributed by atoms with Crippen LogP contribution in [-0.4, -0.2) is 52.8 Å². The van der Waals surface area contributed by atoms with Gasteiger partial charge >= 0.3 is 0 Å². The lowest BCUT2D eigenvalue weighted by Gasteiger charge is -2.22. The third-order valence-electron chi connectivity index (χ3n) is 4.01. The van der Waals surface area contributed by atoms with Crippen LogP contribution in [-0.2, 0) is 6.54 Å². The van der Waals surface area contributed by atoms with Gasteiger partial charge in [0.05, 0.1) is 10.2 Å². The van der Waals surface area contributed by atoms with Crippen LogP contribution in [0.1, 0.15) is 23.0 Å². The first-order valence-corrected chi connectivity index (χ1v) is 9.17. The van der Waals surface area contributed by atoms with Crippen LogP contribution in [0.3, 0.4) is 0 Å². The van der Waals surface area contributed by atoms with E-state index in [-0.39, 0.29) is 5.91 Å². The van der Waals surface area contributed by atoms with Crippen LogP contribution < -0.4 is 4.90 Å². The second kappa shape index (κ2) is 7.33. The highest BCUT2D eigenvalue weighted by molar-refractivity contribution is 7.22. The Kier molecular flexibility index (Phi) is 5.15. The number of thiazole rings is 1. The van der Waals surface area contributed by atoms with Crippen LogP contribution in [0.5, 0.6) is 0 Å². The molecule has 0 radical (unpaired) electrons. The average molecular weight is 357 g/mol. The van der Waals surface area contributed by atoms with Gasteiger partial charge < -0.3 is 4.90 Å². The van der Waals surface area contributed by atoms with Crippen LogP contribution in [0.15, 0.2) is 30.5 Å². The Hall–Kier alpha value is -2.25. The van der Waals surface area contributed by atoms with E-state index in [1.807, 2.05) is 33.2 Å². The van der Waals surface area contributed by atoms with Gasteiger partial charge in [0.15, 0.2) is 5.13 Å². The molecule has 7 heteroatoms. The van der Waals surface area contributed by atoms with E-state index in [0.717, 1.165) is 21.9 Å². The standard InChI is InChI=1S/C18H23N5OS/c1-5-23-15(8-9-19-23)17(24)22(11-10-21(3)4)18-20-14-7-6-13(2)12-16(14)25-18/h6-9,12H,5,10-11H2,1-4H3. The topological polar surface area (TPSA) is 54.3 Å². The first-order valence-electron chi connectivity index (χ1n) is 8.35. The highest BCUT2D eigenvalue weighted by atomic mass is 32.1. The summed E-state index contributed by atoms with van der Waals surface area (Å²) in [6.45, 7) is 6.05. The molecular formula is C18H23N5OS. The highest BCUT2D eigenvalue weighted by Gasteiger charge is 2.24. The number of aromatic nitrogens is 3. The zero-order chi connectivity index (χ0) is 18.0. The molecule has 0 N–H and O–H groups in total. The number of amides is 1. The number of hydrogen-bond donors (Lipinski definition) is 0. The summed E-state index contributed by atoms with van der Waals surface area (Å²) in [6.07, 6.45) is 1.67. The lowest BCUT2D eigenvalue weighted by Crippen LogP contribution is -2.37. The molecule has 3 rings (SSSR count). The van der Waals surface area contributed by atoms with E-state index in [9.17, 15) is 4.79 Å². The van der Waals surface area contributed by atoms with Crippen molar-refractivity contribution in [2.75, 3.05) is 32.1 Å². The Morgan fingerprint density at radius 3 is 2.76 bits per heavy atom. The molecule has 0 spiro atoms. The van der Waals surface area contributed by atoms with Crippen LogP contribution >= 0.6 is 11.3 Å². The van der Waals surface area contributed by atoms with Crippen molar-refractivity contribution in [3.8, 4) is 0 Å². The van der Waals surface area contributed by atoms with Gasteiger partial charge in [-0.25, -0.2) is 4.98 Å². The van der Waals surface area contributed by atoms with Gasteiger partial charge in [-0.1, -0.05) is 17.4 Å². The molecule has 132 valence electrons. The number of likely N-dealkylation sites (N-methyl/N-ethyl adjacent to an activating group) is 1. The van der Waals surface area contributed by atoms with Crippen molar-refractivity contribution in [2.24, 2.45) is 0 Å².